The monoisotopic (exact) mass is 256 g/mol. The third-order valence-electron chi connectivity index (χ3n) is 2.46. The molecule has 5 nitrogen and oxygen atoms in total. The quantitative estimate of drug-likeness (QED) is 0.769. The minimum atomic E-state index is -1.91. The number of ether oxygens (including phenoxy) is 1. The van der Waals surface area contributed by atoms with E-state index in [2.05, 4.69) is 4.74 Å². The zero-order valence-corrected chi connectivity index (χ0v) is 9.72. The predicted octanol–water partition coefficient (Wildman–Crippen LogP) is 1.05. The van der Waals surface area contributed by atoms with E-state index in [0.29, 0.717) is 0 Å². The standard InChI is InChI=1S/C12H13FO5/c1-18-9(14)6-5-7-3-2-4-8(10(7)13)11(15)12(16)17/h2-4,11,15H,5-6H2,1H3,(H,16,17). The van der Waals surface area contributed by atoms with Gasteiger partial charge in [0.2, 0.25) is 0 Å². The van der Waals surface area contributed by atoms with Gasteiger partial charge in [0.25, 0.3) is 0 Å². The molecule has 0 aliphatic rings. The van der Waals surface area contributed by atoms with Gasteiger partial charge >= 0.3 is 11.9 Å². The number of carboxylic acids is 1. The van der Waals surface area contributed by atoms with Gasteiger partial charge in [-0.2, -0.15) is 0 Å². The van der Waals surface area contributed by atoms with Gasteiger partial charge in [0.1, 0.15) is 5.82 Å². The van der Waals surface area contributed by atoms with Crippen LogP contribution in [0.15, 0.2) is 18.2 Å². The summed E-state index contributed by atoms with van der Waals surface area (Å²) in [7, 11) is 1.23. The van der Waals surface area contributed by atoms with Crippen LogP contribution in [0.25, 0.3) is 0 Å². The molecule has 0 radical (unpaired) electrons. The van der Waals surface area contributed by atoms with Crippen molar-refractivity contribution in [3.05, 3.63) is 35.1 Å². The second-order valence-corrected chi connectivity index (χ2v) is 3.64. The number of carbonyl (C=O) groups excluding carboxylic acids is 1. The van der Waals surface area contributed by atoms with Gasteiger partial charge in [-0.3, -0.25) is 4.79 Å². The van der Waals surface area contributed by atoms with E-state index >= 15 is 0 Å². The van der Waals surface area contributed by atoms with Gasteiger partial charge in [-0.15, -0.1) is 0 Å². The van der Waals surface area contributed by atoms with Crippen LogP contribution < -0.4 is 0 Å². The molecule has 1 rings (SSSR count). The Morgan fingerprint density at radius 2 is 2.11 bits per heavy atom. The lowest BCUT2D eigenvalue weighted by Gasteiger charge is -2.10. The van der Waals surface area contributed by atoms with Crippen LogP contribution in [0.4, 0.5) is 4.39 Å². The number of aliphatic carboxylic acids is 1. The van der Waals surface area contributed by atoms with Crippen LogP contribution >= 0.6 is 0 Å². The molecule has 2 N–H and O–H groups in total. The van der Waals surface area contributed by atoms with Crippen LogP contribution in [-0.4, -0.2) is 29.3 Å². The largest absolute Gasteiger partial charge is 0.479 e. The lowest BCUT2D eigenvalue weighted by molar-refractivity contribution is -0.147. The average molecular weight is 256 g/mol. The number of aryl methyl sites for hydroxylation is 1. The van der Waals surface area contributed by atoms with Crippen molar-refractivity contribution in [2.24, 2.45) is 0 Å². The molecule has 0 spiro atoms. The van der Waals surface area contributed by atoms with Gasteiger partial charge in [-0.25, -0.2) is 9.18 Å². The van der Waals surface area contributed by atoms with Crippen molar-refractivity contribution in [1.29, 1.82) is 0 Å². The number of methoxy groups -OCH3 is 1. The second-order valence-electron chi connectivity index (χ2n) is 3.64. The Bertz CT molecular complexity index is 458. The molecule has 0 fully saturated rings. The molecular weight excluding hydrogens is 243 g/mol. The summed E-state index contributed by atoms with van der Waals surface area (Å²) < 4.78 is 18.3. The highest BCUT2D eigenvalue weighted by atomic mass is 19.1. The Hall–Kier alpha value is -1.95. The summed E-state index contributed by atoms with van der Waals surface area (Å²) in [5.74, 6) is -2.83. The normalized spacial score (nSPS) is 11.9. The van der Waals surface area contributed by atoms with Crippen LogP contribution in [-0.2, 0) is 20.7 Å². The first-order valence-electron chi connectivity index (χ1n) is 5.22. The number of benzene rings is 1. The van der Waals surface area contributed by atoms with Crippen molar-refractivity contribution < 1.29 is 28.9 Å². The zero-order chi connectivity index (χ0) is 13.7. The summed E-state index contributed by atoms with van der Waals surface area (Å²) in [6.07, 6.45) is -1.85. The third-order valence-corrected chi connectivity index (χ3v) is 2.46. The SMILES string of the molecule is COC(=O)CCc1cccc(C(O)C(=O)O)c1F. The molecule has 0 amide bonds. The molecule has 0 saturated carbocycles. The van der Waals surface area contributed by atoms with Crippen molar-refractivity contribution in [3.63, 3.8) is 0 Å². The lowest BCUT2D eigenvalue weighted by atomic mass is 10.0. The predicted molar refractivity (Wildman–Crippen MR) is 59.3 cm³/mol. The Morgan fingerprint density at radius 1 is 1.44 bits per heavy atom. The number of carbonyl (C=O) groups is 2. The van der Waals surface area contributed by atoms with Crippen molar-refractivity contribution in [2.75, 3.05) is 7.11 Å². The minimum absolute atomic E-state index is 0.0138. The van der Waals surface area contributed by atoms with Gasteiger partial charge in [0.05, 0.1) is 7.11 Å². The number of rotatable bonds is 5. The van der Waals surface area contributed by atoms with Crippen molar-refractivity contribution in [1.82, 2.24) is 0 Å². The summed E-state index contributed by atoms with van der Waals surface area (Å²) >= 11 is 0. The molecule has 0 aliphatic heterocycles. The van der Waals surface area contributed by atoms with Crippen molar-refractivity contribution >= 4 is 11.9 Å². The maximum Gasteiger partial charge on any atom is 0.337 e. The number of hydrogen-bond donors (Lipinski definition) is 2. The molecule has 98 valence electrons. The van der Waals surface area contributed by atoms with E-state index < -0.39 is 23.9 Å². The Labute approximate surface area is 103 Å². The molecule has 18 heavy (non-hydrogen) atoms. The van der Waals surface area contributed by atoms with Crippen LogP contribution in [0.3, 0.4) is 0 Å². The summed E-state index contributed by atoms with van der Waals surface area (Å²) in [4.78, 5) is 21.5. The van der Waals surface area contributed by atoms with Crippen LogP contribution in [0, 0.1) is 5.82 Å². The first kappa shape index (κ1) is 14.1. The van der Waals surface area contributed by atoms with E-state index in [4.69, 9.17) is 5.11 Å². The topological polar surface area (TPSA) is 83.8 Å². The molecule has 0 aliphatic carbocycles. The van der Waals surface area contributed by atoms with E-state index in [1.54, 1.807) is 0 Å². The highest BCUT2D eigenvalue weighted by molar-refractivity contribution is 5.74. The lowest BCUT2D eigenvalue weighted by Crippen LogP contribution is -2.13. The third kappa shape index (κ3) is 3.27. The molecule has 0 heterocycles. The van der Waals surface area contributed by atoms with Crippen molar-refractivity contribution in [2.45, 2.75) is 18.9 Å². The number of aliphatic hydroxyl groups is 1. The molecule has 1 atom stereocenters. The number of esters is 1. The number of carboxylic acid groups (broad SMARTS) is 1. The molecule has 0 bridgehead atoms. The van der Waals surface area contributed by atoms with E-state index in [1.807, 2.05) is 0 Å². The Kier molecular flexibility index (Phi) is 4.79. The molecule has 0 saturated heterocycles. The number of aliphatic hydroxyl groups excluding tert-OH is 1. The minimum Gasteiger partial charge on any atom is -0.479 e. The highest BCUT2D eigenvalue weighted by Gasteiger charge is 2.21. The molecule has 1 aromatic carbocycles. The van der Waals surface area contributed by atoms with E-state index in [-0.39, 0.29) is 24.0 Å². The highest BCUT2D eigenvalue weighted by Crippen LogP contribution is 2.21. The summed E-state index contributed by atoms with van der Waals surface area (Å²) in [6.45, 7) is 0. The maximum absolute atomic E-state index is 13.9. The molecule has 1 unspecified atom stereocenters. The summed E-state index contributed by atoms with van der Waals surface area (Å²) in [5.41, 5.74) is -0.150. The van der Waals surface area contributed by atoms with Gasteiger partial charge < -0.3 is 14.9 Å². The van der Waals surface area contributed by atoms with E-state index in [9.17, 15) is 19.1 Å². The fraction of sp³-hybridized carbons (Fsp3) is 0.333. The molecule has 0 aromatic heterocycles. The Morgan fingerprint density at radius 3 is 2.67 bits per heavy atom. The first-order valence-corrected chi connectivity index (χ1v) is 5.22. The number of halogens is 1. The molecular formula is C12H13FO5. The zero-order valence-electron chi connectivity index (χ0n) is 9.72. The fourth-order valence-corrected chi connectivity index (χ4v) is 1.48. The van der Waals surface area contributed by atoms with Gasteiger partial charge in [0, 0.05) is 12.0 Å². The van der Waals surface area contributed by atoms with Crippen LogP contribution in [0.1, 0.15) is 23.7 Å². The Balaban J connectivity index is 2.91. The van der Waals surface area contributed by atoms with Crippen molar-refractivity contribution in [3.8, 4) is 0 Å². The van der Waals surface area contributed by atoms with Gasteiger partial charge in [-0.05, 0) is 12.0 Å². The fourth-order valence-electron chi connectivity index (χ4n) is 1.48. The van der Waals surface area contributed by atoms with Gasteiger partial charge in [-0.1, -0.05) is 18.2 Å². The van der Waals surface area contributed by atoms with E-state index in [0.717, 1.165) is 0 Å². The number of hydrogen-bond acceptors (Lipinski definition) is 4. The molecule has 6 heteroatoms. The van der Waals surface area contributed by atoms with E-state index in [1.165, 1.54) is 25.3 Å². The van der Waals surface area contributed by atoms with Crippen LogP contribution in [0.2, 0.25) is 0 Å². The smallest absolute Gasteiger partial charge is 0.337 e. The van der Waals surface area contributed by atoms with Crippen LogP contribution in [0.5, 0.6) is 0 Å². The maximum atomic E-state index is 13.9. The first-order chi connectivity index (χ1) is 8.47. The molecule has 1 aromatic rings. The average Bonchev–Trinajstić information content (AvgIpc) is 2.36. The van der Waals surface area contributed by atoms with Gasteiger partial charge in [0.15, 0.2) is 6.10 Å². The summed E-state index contributed by atoms with van der Waals surface area (Å²) in [5, 5.41) is 17.9. The summed E-state index contributed by atoms with van der Waals surface area (Å²) in [6, 6.07) is 4.04. The second kappa shape index (κ2) is 6.11.